The molecular formula is C8H19NO4Si. The second kappa shape index (κ2) is 7.78. The molecule has 0 aliphatic carbocycles. The number of amides is 1. The van der Waals surface area contributed by atoms with Crippen LogP contribution in [0.15, 0.2) is 0 Å². The smallest absolute Gasteiger partial charge is 0.404 e. The molecule has 5 nitrogen and oxygen atoms in total. The number of rotatable bonds is 7. The lowest BCUT2D eigenvalue weighted by atomic mass is 10.3. The van der Waals surface area contributed by atoms with Gasteiger partial charge >= 0.3 is 6.09 Å². The lowest BCUT2D eigenvalue weighted by Crippen LogP contribution is -2.25. The van der Waals surface area contributed by atoms with Crippen molar-refractivity contribution >= 4 is 15.6 Å². The number of nitrogens with two attached hydrogens (primary N) is 1. The summed E-state index contributed by atoms with van der Waals surface area (Å²) in [6.45, 7) is 2.48. The zero-order valence-electron chi connectivity index (χ0n) is 8.99. The fraction of sp³-hybridized carbons (Fsp3) is 0.875. The highest BCUT2D eigenvalue weighted by molar-refractivity contribution is 6.38. The highest BCUT2D eigenvalue weighted by Gasteiger charge is 2.12. The number of primary amides is 1. The molecule has 0 heterocycles. The molecule has 6 heteroatoms. The lowest BCUT2D eigenvalue weighted by Gasteiger charge is -2.17. The van der Waals surface area contributed by atoms with Crippen LogP contribution in [0.3, 0.4) is 0 Å². The molecule has 0 aromatic rings. The van der Waals surface area contributed by atoms with Gasteiger partial charge in [0.15, 0.2) is 0 Å². The summed E-state index contributed by atoms with van der Waals surface area (Å²) in [5.74, 6) is -0.0569. The lowest BCUT2D eigenvalue weighted by molar-refractivity contribution is -0.0448. The quantitative estimate of drug-likeness (QED) is 0.486. The van der Waals surface area contributed by atoms with Gasteiger partial charge in [0.05, 0.1) is 16.1 Å². The first-order chi connectivity index (χ1) is 6.60. The Bertz CT molecular complexity index is 163. The van der Waals surface area contributed by atoms with Crippen LogP contribution in [-0.2, 0) is 14.2 Å². The van der Waals surface area contributed by atoms with Crippen LogP contribution in [-0.4, -0.2) is 42.4 Å². The van der Waals surface area contributed by atoms with Gasteiger partial charge in [-0.25, -0.2) is 4.79 Å². The maximum absolute atomic E-state index is 10.3. The van der Waals surface area contributed by atoms with Gasteiger partial charge in [0.2, 0.25) is 0 Å². The van der Waals surface area contributed by atoms with Crippen molar-refractivity contribution in [2.24, 2.45) is 5.73 Å². The van der Waals surface area contributed by atoms with Crippen molar-refractivity contribution in [3.05, 3.63) is 0 Å². The van der Waals surface area contributed by atoms with E-state index in [1.165, 1.54) is 0 Å². The van der Waals surface area contributed by atoms with Crippen LogP contribution in [0.4, 0.5) is 4.79 Å². The summed E-state index contributed by atoms with van der Waals surface area (Å²) in [5, 5.41) is 0. The standard InChI is InChI=1S/C8H19NO4Si/c1-6(4-5-13-7(9)10)14-8(11-2)12-3/h6,8H,4-5,14H2,1-3H3,(H2,9,10). The Kier molecular flexibility index (Phi) is 7.45. The summed E-state index contributed by atoms with van der Waals surface area (Å²) in [4.78, 5) is 10.3. The summed E-state index contributed by atoms with van der Waals surface area (Å²) >= 11 is 0. The fourth-order valence-electron chi connectivity index (χ4n) is 1.10. The Morgan fingerprint density at radius 3 is 2.43 bits per heavy atom. The van der Waals surface area contributed by atoms with Crippen molar-refractivity contribution in [3.8, 4) is 0 Å². The van der Waals surface area contributed by atoms with E-state index in [4.69, 9.17) is 15.2 Å². The first kappa shape index (κ1) is 13.4. The maximum Gasteiger partial charge on any atom is 0.404 e. The van der Waals surface area contributed by atoms with Gasteiger partial charge in [-0.15, -0.1) is 0 Å². The van der Waals surface area contributed by atoms with Crippen LogP contribution in [0.2, 0.25) is 5.54 Å². The van der Waals surface area contributed by atoms with E-state index in [9.17, 15) is 4.79 Å². The van der Waals surface area contributed by atoms with E-state index in [2.05, 4.69) is 11.7 Å². The van der Waals surface area contributed by atoms with Crippen molar-refractivity contribution in [3.63, 3.8) is 0 Å². The monoisotopic (exact) mass is 221 g/mol. The minimum atomic E-state index is -0.714. The van der Waals surface area contributed by atoms with Crippen LogP contribution < -0.4 is 5.73 Å². The molecule has 0 aliphatic rings. The number of hydrogen-bond donors (Lipinski definition) is 1. The third kappa shape index (κ3) is 6.87. The van der Waals surface area contributed by atoms with Crippen molar-refractivity contribution in [2.45, 2.75) is 24.8 Å². The predicted molar refractivity (Wildman–Crippen MR) is 55.9 cm³/mol. The van der Waals surface area contributed by atoms with Gasteiger partial charge < -0.3 is 19.9 Å². The van der Waals surface area contributed by atoms with E-state index < -0.39 is 15.6 Å². The van der Waals surface area contributed by atoms with Crippen LogP contribution >= 0.6 is 0 Å². The molecule has 1 amide bonds. The topological polar surface area (TPSA) is 70.8 Å². The van der Waals surface area contributed by atoms with Crippen LogP contribution in [0, 0.1) is 0 Å². The number of carbonyl (C=O) groups is 1. The Morgan fingerprint density at radius 2 is 2.00 bits per heavy atom. The minimum Gasteiger partial charge on any atom is -0.450 e. The fourth-order valence-corrected chi connectivity index (χ4v) is 2.54. The number of hydrogen-bond acceptors (Lipinski definition) is 4. The average molecular weight is 221 g/mol. The zero-order valence-corrected chi connectivity index (χ0v) is 10.4. The van der Waals surface area contributed by atoms with Crippen molar-refractivity contribution in [1.29, 1.82) is 0 Å². The van der Waals surface area contributed by atoms with E-state index in [-0.39, 0.29) is 5.91 Å². The van der Waals surface area contributed by atoms with Crippen LogP contribution in [0.25, 0.3) is 0 Å². The summed E-state index contributed by atoms with van der Waals surface area (Å²) in [6, 6.07) is 0. The molecule has 0 aromatic heterocycles. The molecule has 0 rings (SSSR count). The van der Waals surface area contributed by atoms with Crippen molar-refractivity contribution in [2.75, 3.05) is 20.8 Å². The predicted octanol–water partition coefficient (Wildman–Crippen LogP) is 0.0254. The number of carbonyl (C=O) groups excluding carboxylic acids is 1. The van der Waals surface area contributed by atoms with E-state index in [0.717, 1.165) is 6.42 Å². The summed E-state index contributed by atoms with van der Waals surface area (Å²) < 4.78 is 14.9. The molecule has 0 saturated carbocycles. The Balaban J connectivity index is 3.53. The Hall–Kier alpha value is -0.593. The second-order valence-electron chi connectivity index (χ2n) is 3.20. The van der Waals surface area contributed by atoms with Gasteiger partial charge in [-0.1, -0.05) is 6.92 Å². The highest BCUT2D eigenvalue weighted by atomic mass is 28.2. The summed E-state index contributed by atoms with van der Waals surface area (Å²) in [7, 11) is 2.79. The highest BCUT2D eigenvalue weighted by Crippen LogP contribution is 2.10. The first-order valence-electron chi connectivity index (χ1n) is 4.58. The molecule has 0 saturated heterocycles. The van der Waals surface area contributed by atoms with Gasteiger partial charge in [-0.3, -0.25) is 0 Å². The molecule has 14 heavy (non-hydrogen) atoms. The van der Waals surface area contributed by atoms with Gasteiger partial charge in [0.1, 0.15) is 5.91 Å². The molecule has 0 spiro atoms. The number of ether oxygens (including phenoxy) is 3. The van der Waals surface area contributed by atoms with E-state index >= 15 is 0 Å². The molecule has 0 aromatic carbocycles. The molecular weight excluding hydrogens is 202 g/mol. The third-order valence-electron chi connectivity index (χ3n) is 1.98. The minimum absolute atomic E-state index is 0.0569. The van der Waals surface area contributed by atoms with Crippen LogP contribution in [0.5, 0.6) is 0 Å². The van der Waals surface area contributed by atoms with Gasteiger partial charge in [-0.2, -0.15) is 0 Å². The molecule has 84 valence electrons. The zero-order chi connectivity index (χ0) is 11.0. The van der Waals surface area contributed by atoms with E-state index in [0.29, 0.717) is 12.1 Å². The van der Waals surface area contributed by atoms with E-state index in [1.807, 2.05) is 0 Å². The van der Waals surface area contributed by atoms with E-state index in [1.54, 1.807) is 14.2 Å². The van der Waals surface area contributed by atoms with Gasteiger partial charge in [0.25, 0.3) is 0 Å². The Morgan fingerprint density at radius 1 is 1.43 bits per heavy atom. The normalized spacial score (nSPS) is 13.7. The summed E-state index contributed by atoms with van der Waals surface area (Å²) in [6.07, 6.45) is 0.104. The number of methoxy groups -OCH3 is 2. The second-order valence-corrected chi connectivity index (χ2v) is 5.73. The SMILES string of the molecule is COC(OC)[SiH2]C(C)CCOC(N)=O. The summed E-state index contributed by atoms with van der Waals surface area (Å²) in [5.41, 5.74) is 5.33. The van der Waals surface area contributed by atoms with Crippen molar-refractivity contribution < 1.29 is 19.0 Å². The largest absolute Gasteiger partial charge is 0.450 e. The Labute approximate surface area is 86.7 Å². The first-order valence-corrected chi connectivity index (χ1v) is 6.21. The van der Waals surface area contributed by atoms with Crippen LogP contribution in [0.1, 0.15) is 13.3 Å². The molecule has 2 N–H and O–H groups in total. The molecule has 0 fully saturated rings. The average Bonchev–Trinajstić information content (AvgIpc) is 2.13. The van der Waals surface area contributed by atoms with Crippen molar-refractivity contribution in [1.82, 2.24) is 0 Å². The third-order valence-corrected chi connectivity index (χ3v) is 4.24. The van der Waals surface area contributed by atoms with Gasteiger partial charge in [0, 0.05) is 14.2 Å². The molecule has 0 radical (unpaired) electrons. The molecule has 0 aliphatic heterocycles. The maximum atomic E-state index is 10.3. The molecule has 1 unspecified atom stereocenters. The van der Waals surface area contributed by atoms with Gasteiger partial charge in [-0.05, 0) is 12.0 Å². The molecule has 1 atom stereocenters. The molecule has 0 bridgehead atoms.